The maximum Gasteiger partial charge on any atom is 0.410 e. The summed E-state index contributed by atoms with van der Waals surface area (Å²) in [4.78, 5) is 24.0. The lowest BCUT2D eigenvalue weighted by atomic mass is 9.77. The van der Waals surface area contributed by atoms with Crippen LogP contribution in [0.2, 0.25) is 0 Å². The van der Waals surface area contributed by atoms with Gasteiger partial charge in [-0.15, -0.1) is 0 Å². The molecule has 2 bridgehead atoms. The first-order chi connectivity index (χ1) is 9.61. The van der Waals surface area contributed by atoms with Crippen molar-refractivity contribution in [2.24, 2.45) is 11.3 Å². The van der Waals surface area contributed by atoms with Crippen LogP contribution in [0.3, 0.4) is 0 Å². The van der Waals surface area contributed by atoms with Crippen LogP contribution < -0.4 is 0 Å². The number of carbonyl (C=O) groups is 1. The fourth-order valence-electron chi connectivity index (χ4n) is 3.53. The van der Waals surface area contributed by atoms with E-state index in [9.17, 15) is 20.0 Å². The van der Waals surface area contributed by atoms with Gasteiger partial charge in [-0.3, -0.25) is 10.1 Å². The molecule has 0 aromatic rings. The van der Waals surface area contributed by atoms with Crippen LogP contribution >= 0.6 is 0 Å². The van der Waals surface area contributed by atoms with Crippen LogP contribution in [-0.4, -0.2) is 52.4 Å². The molecule has 1 saturated heterocycles. The van der Waals surface area contributed by atoms with Gasteiger partial charge in [0, 0.05) is 23.4 Å². The van der Waals surface area contributed by atoms with E-state index in [1.54, 1.807) is 25.7 Å². The molecular formula is C14H24N2O5. The van der Waals surface area contributed by atoms with Gasteiger partial charge in [-0.05, 0) is 46.0 Å². The predicted octanol–water partition coefficient (Wildman–Crippen LogP) is 1.66. The lowest BCUT2D eigenvalue weighted by molar-refractivity contribution is -0.494. The first-order valence-corrected chi connectivity index (χ1v) is 7.39. The molecule has 0 aromatic heterocycles. The molecule has 1 aliphatic heterocycles. The number of piperidine rings is 1. The summed E-state index contributed by atoms with van der Waals surface area (Å²) in [5.41, 5.74) is -1.12. The van der Waals surface area contributed by atoms with E-state index in [1.807, 2.05) is 0 Å². The van der Waals surface area contributed by atoms with Crippen molar-refractivity contribution < 1.29 is 19.6 Å². The Morgan fingerprint density at radius 2 is 2.24 bits per heavy atom. The van der Waals surface area contributed by atoms with Crippen LogP contribution in [0.25, 0.3) is 0 Å². The van der Waals surface area contributed by atoms with Crippen molar-refractivity contribution >= 4 is 6.09 Å². The zero-order valence-corrected chi connectivity index (χ0v) is 12.9. The van der Waals surface area contributed by atoms with Crippen molar-refractivity contribution in [1.82, 2.24) is 4.90 Å². The molecule has 7 nitrogen and oxygen atoms in total. The van der Waals surface area contributed by atoms with E-state index in [0.29, 0.717) is 19.0 Å². The second kappa shape index (κ2) is 5.44. The zero-order chi connectivity index (χ0) is 15.8. The van der Waals surface area contributed by atoms with Crippen molar-refractivity contribution in [2.45, 2.75) is 51.7 Å². The average molecular weight is 300 g/mol. The fourth-order valence-corrected chi connectivity index (χ4v) is 3.53. The Balaban J connectivity index is 2.08. The van der Waals surface area contributed by atoms with Crippen LogP contribution in [0.5, 0.6) is 0 Å². The van der Waals surface area contributed by atoms with Gasteiger partial charge in [0.05, 0.1) is 0 Å². The van der Waals surface area contributed by atoms with E-state index in [-0.39, 0.29) is 0 Å². The van der Waals surface area contributed by atoms with E-state index in [0.717, 1.165) is 19.3 Å². The molecule has 1 N–H and O–H groups in total. The summed E-state index contributed by atoms with van der Waals surface area (Å²) in [6, 6.07) is 0. The van der Waals surface area contributed by atoms with Gasteiger partial charge in [-0.1, -0.05) is 0 Å². The first-order valence-electron chi connectivity index (χ1n) is 7.39. The van der Waals surface area contributed by atoms with Gasteiger partial charge >= 0.3 is 6.09 Å². The highest BCUT2D eigenvalue weighted by atomic mass is 16.6. The second-order valence-electron chi connectivity index (χ2n) is 7.36. The molecule has 3 atom stereocenters. The number of fused-ring (bicyclic) bond motifs is 2. The Labute approximate surface area is 124 Å². The predicted molar refractivity (Wildman–Crippen MR) is 75.4 cm³/mol. The van der Waals surface area contributed by atoms with Crippen LogP contribution in [0, 0.1) is 21.4 Å². The lowest BCUT2D eigenvalue weighted by Gasteiger charge is -2.42. The number of aliphatic hydroxyl groups excluding tert-OH is 1. The molecule has 120 valence electrons. The first kappa shape index (κ1) is 16.0. The average Bonchev–Trinajstić information content (AvgIpc) is 2.63. The zero-order valence-electron chi connectivity index (χ0n) is 12.9. The third-order valence-corrected chi connectivity index (χ3v) is 4.41. The van der Waals surface area contributed by atoms with Crippen molar-refractivity contribution in [2.75, 3.05) is 19.6 Å². The van der Waals surface area contributed by atoms with Gasteiger partial charge in [0.1, 0.15) is 11.7 Å². The molecule has 1 heterocycles. The minimum Gasteiger partial charge on any atom is -0.444 e. The van der Waals surface area contributed by atoms with E-state index < -0.39 is 34.7 Å². The van der Waals surface area contributed by atoms with Crippen molar-refractivity contribution in [3.05, 3.63) is 10.1 Å². The monoisotopic (exact) mass is 300 g/mol. The van der Waals surface area contributed by atoms with Crippen LogP contribution in [0.15, 0.2) is 0 Å². The molecule has 7 heteroatoms. The van der Waals surface area contributed by atoms with Gasteiger partial charge in [-0.2, -0.15) is 0 Å². The molecule has 2 rings (SSSR count). The van der Waals surface area contributed by atoms with Gasteiger partial charge in [0.25, 0.3) is 0 Å². The molecule has 1 amide bonds. The number of hydrogen-bond acceptors (Lipinski definition) is 5. The van der Waals surface area contributed by atoms with Crippen LogP contribution in [-0.2, 0) is 4.74 Å². The molecule has 2 fully saturated rings. The van der Waals surface area contributed by atoms with E-state index in [4.69, 9.17) is 4.74 Å². The summed E-state index contributed by atoms with van der Waals surface area (Å²) in [5.74, 6) is 0.299. The summed E-state index contributed by atoms with van der Waals surface area (Å²) in [7, 11) is 0. The maximum absolute atomic E-state index is 12.2. The van der Waals surface area contributed by atoms with Crippen molar-refractivity contribution in [1.29, 1.82) is 0 Å². The van der Waals surface area contributed by atoms with E-state index >= 15 is 0 Å². The number of nitro groups is 1. The number of nitrogens with zero attached hydrogens (tertiary/aromatic N) is 2. The van der Waals surface area contributed by atoms with Gasteiger partial charge < -0.3 is 14.7 Å². The third-order valence-electron chi connectivity index (χ3n) is 4.41. The minimum absolute atomic E-state index is 0.299. The number of hydrogen-bond donors (Lipinski definition) is 1. The number of rotatable bonds is 3. The molecular weight excluding hydrogens is 276 g/mol. The van der Waals surface area contributed by atoms with E-state index in [2.05, 4.69) is 0 Å². The smallest absolute Gasteiger partial charge is 0.410 e. The molecule has 0 spiro atoms. The summed E-state index contributed by atoms with van der Waals surface area (Å²) < 4.78 is 5.38. The Morgan fingerprint density at radius 1 is 1.57 bits per heavy atom. The van der Waals surface area contributed by atoms with Crippen molar-refractivity contribution in [3.63, 3.8) is 0 Å². The largest absolute Gasteiger partial charge is 0.444 e. The quantitative estimate of drug-likeness (QED) is 0.632. The van der Waals surface area contributed by atoms with Gasteiger partial charge in [0.15, 0.2) is 0 Å². The molecule has 3 unspecified atom stereocenters. The molecule has 0 aromatic carbocycles. The number of aliphatic hydroxyl groups is 1. The minimum atomic E-state index is -1.01. The Kier molecular flexibility index (Phi) is 4.15. The van der Waals surface area contributed by atoms with Crippen LogP contribution in [0.4, 0.5) is 4.79 Å². The molecule has 2 aliphatic rings. The highest BCUT2D eigenvalue weighted by Crippen LogP contribution is 2.48. The topological polar surface area (TPSA) is 92.9 Å². The third kappa shape index (κ3) is 3.64. The summed E-state index contributed by atoms with van der Waals surface area (Å²) in [5, 5.41) is 20.9. The fraction of sp³-hybridized carbons (Fsp3) is 0.929. The number of likely N-dealkylation sites (tertiary alicyclic amines) is 1. The summed E-state index contributed by atoms with van der Waals surface area (Å²) in [6.07, 6.45) is 0.968. The van der Waals surface area contributed by atoms with E-state index in [1.165, 1.54) is 0 Å². The number of carbonyl (C=O) groups excluding carboxylic acids is 1. The highest BCUT2D eigenvalue weighted by molar-refractivity contribution is 5.68. The van der Waals surface area contributed by atoms with Gasteiger partial charge in [0.2, 0.25) is 6.54 Å². The standard InChI is InChI=1S/C14H24N2O5/c1-13(2,3)21-12(18)15-7-10-4-5-14(6-10,9-15)11(17)8-16(19)20/h10-11,17H,4-9H2,1-3H3. The van der Waals surface area contributed by atoms with Crippen molar-refractivity contribution in [3.8, 4) is 0 Å². The molecule has 21 heavy (non-hydrogen) atoms. The van der Waals surface area contributed by atoms with Crippen LogP contribution in [0.1, 0.15) is 40.0 Å². The Morgan fingerprint density at radius 3 is 2.81 bits per heavy atom. The normalized spacial score (nSPS) is 30.1. The lowest BCUT2D eigenvalue weighted by Crippen LogP contribution is -2.53. The molecule has 1 aliphatic carbocycles. The maximum atomic E-state index is 12.2. The number of amides is 1. The SMILES string of the molecule is CC(C)(C)OC(=O)N1CC2CCC(C(O)C[N+](=O)[O-])(C2)C1. The number of ether oxygens (including phenoxy) is 1. The summed E-state index contributed by atoms with van der Waals surface area (Å²) >= 11 is 0. The second-order valence-corrected chi connectivity index (χ2v) is 7.36. The highest BCUT2D eigenvalue weighted by Gasteiger charge is 2.52. The Bertz CT molecular complexity index is 434. The molecule has 1 saturated carbocycles. The summed E-state index contributed by atoms with van der Waals surface area (Å²) in [6.45, 7) is 5.91. The Hall–Kier alpha value is -1.37. The molecule has 0 radical (unpaired) electrons. The van der Waals surface area contributed by atoms with Gasteiger partial charge in [-0.25, -0.2) is 4.79 Å².